The molecule has 0 aliphatic heterocycles. The average Bonchev–Trinajstić information content (AvgIpc) is 2.67. The minimum atomic E-state index is -0.389. The van der Waals surface area contributed by atoms with Gasteiger partial charge in [0.2, 0.25) is 0 Å². The highest BCUT2D eigenvalue weighted by Gasteiger charge is 2.00. The van der Waals surface area contributed by atoms with Crippen LogP contribution in [-0.4, -0.2) is 49.4 Å². The van der Waals surface area contributed by atoms with Crippen molar-refractivity contribution in [3.8, 4) is 0 Å². The van der Waals surface area contributed by atoms with Gasteiger partial charge in [-0.05, 0) is 65.9 Å². The summed E-state index contributed by atoms with van der Waals surface area (Å²) in [5, 5.41) is 29.2. The summed E-state index contributed by atoms with van der Waals surface area (Å²) in [6.07, 6.45) is 10.4. The molecule has 7 heteroatoms. The van der Waals surface area contributed by atoms with Gasteiger partial charge in [-0.25, -0.2) is 4.39 Å². The molecule has 0 atom stereocenters. The normalized spacial score (nSPS) is 17.7. The Bertz CT molecular complexity index is 416. The van der Waals surface area contributed by atoms with Crippen molar-refractivity contribution in [2.75, 3.05) is 27.4 Å². The van der Waals surface area contributed by atoms with Crippen LogP contribution in [0.5, 0.6) is 0 Å². The van der Waals surface area contributed by atoms with E-state index in [9.17, 15) is 4.39 Å². The highest BCUT2D eigenvalue weighted by molar-refractivity contribution is 5.82. The van der Waals surface area contributed by atoms with Gasteiger partial charge < -0.3 is 26.7 Å². The van der Waals surface area contributed by atoms with Crippen LogP contribution in [0.3, 0.4) is 0 Å². The summed E-state index contributed by atoms with van der Waals surface area (Å²) < 4.78 is 13.0. The summed E-state index contributed by atoms with van der Waals surface area (Å²) >= 11 is 0. The molecule has 0 aromatic rings. The summed E-state index contributed by atoms with van der Waals surface area (Å²) in [7, 11) is 3.75. The molecule has 29 heavy (non-hydrogen) atoms. The van der Waals surface area contributed by atoms with Crippen LogP contribution in [-0.2, 0) is 0 Å². The summed E-state index contributed by atoms with van der Waals surface area (Å²) in [5.74, 6) is -0.389. The molecular weight excluding hydrogens is 371 g/mol. The van der Waals surface area contributed by atoms with Gasteiger partial charge in [0, 0.05) is 18.2 Å². The highest BCUT2D eigenvalue weighted by Crippen LogP contribution is 2.10. The maximum Gasteiger partial charge on any atom is 0.142 e. The third kappa shape index (κ3) is 41.8. The second-order valence-electron chi connectivity index (χ2n) is 6.05. The predicted molar refractivity (Wildman–Crippen MR) is 126 cm³/mol. The van der Waals surface area contributed by atoms with Gasteiger partial charge in [-0.2, -0.15) is 0 Å². The molecule has 0 saturated heterocycles. The lowest BCUT2D eigenvalue weighted by atomic mass is 10.1. The third-order valence-electron chi connectivity index (χ3n) is 2.64. The average molecular weight is 419 g/mol. The van der Waals surface area contributed by atoms with E-state index in [0.29, 0.717) is 25.0 Å². The van der Waals surface area contributed by atoms with Gasteiger partial charge in [0.1, 0.15) is 5.83 Å². The topological polar surface area (TPSA) is 114 Å². The molecule has 0 unspecified atom stereocenters. The number of aliphatic hydroxyl groups is 2. The Morgan fingerprint density at radius 3 is 2.24 bits per heavy atom. The van der Waals surface area contributed by atoms with Crippen molar-refractivity contribution >= 4 is 5.71 Å². The van der Waals surface area contributed by atoms with E-state index in [1.54, 1.807) is 19.9 Å². The number of unbranched alkanes of at least 4 members (excludes halogenated alkanes) is 1. The van der Waals surface area contributed by atoms with E-state index in [2.05, 4.69) is 17.6 Å². The zero-order valence-corrected chi connectivity index (χ0v) is 19.7. The molecule has 0 bridgehead atoms. The van der Waals surface area contributed by atoms with Crippen LogP contribution in [0.15, 0.2) is 35.8 Å². The van der Waals surface area contributed by atoms with Crippen LogP contribution in [0.4, 0.5) is 4.39 Å². The van der Waals surface area contributed by atoms with Crippen molar-refractivity contribution in [3.05, 3.63) is 35.8 Å². The lowest BCUT2D eigenvalue weighted by Gasteiger charge is -2.01. The van der Waals surface area contributed by atoms with Gasteiger partial charge in [0.05, 0.1) is 12.4 Å². The van der Waals surface area contributed by atoms with Gasteiger partial charge in [-0.15, -0.1) is 0 Å². The van der Waals surface area contributed by atoms with Crippen molar-refractivity contribution in [2.24, 2.45) is 5.73 Å². The van der Waals surface area contributed by atoms with E-state index < -0.39 is 0 Å². The molecule has 6 nitrogen and oxygen atoms in total. The van der Waals surface area contributed by atoms with Crippen LogP contribution in [0.1, 0.15) is 66.7 Å². The second-order valence-corrected chi connectivity index (χ2v) is 6.05. The fraction of sp³-hybridized carbons (Fsp3) is 0.682. The van der Waals surface area contributed by atoms with Crippen LogP contribution >= 0.6 is 0 Å². The molecule has 0 saturated carbocycles. The molecule has 7 N–H and O–H groups in total. The predicted octanol–water partition coefficient (Wildman–Crippen LogP) is 4.02. The zero-order valence-electron chi connectivity index (χ0n) is 19.7. The molecule has 0 radical (unpaired) electrons. The van der Waals surface area contributed by atoms with Crippen molar-refractivity contribution in [1.82, 2.24) is 10.6 Å². The standard InChI is InChI=1S/C10H13FN2.C5H13NO.C3H8O.C2H7N.C2H6/c11-9-6-3-5-8(12)4-1-2-7-10(9)13;1-2-3-4-6-5-7;1-3(2)4;1-3-2;1-2/h1-2,6-7,12H,3-5,13H2;6-7H,2-5H2,1H3;3-4H,1-2H3;3H,1-2H3;1-2H3/b2-1+,9-6+,10-7+,12-8?;;;;. The fourth-order valence-electron chi connectivity index (χ4n) is 1.44. The number of halogens is 1. The third-order valence-corrected chi connectivity index (χ3v) is 2.64. The van der Waals surface area contributed by atoms with E-state index in [4.69, 9.17) is 21.4 Å². The first-order chi connectivity index (χ1) is 13.8. The Kier molecular flexibility index (Phi) is 37.5. The van der Waals surface area contributed by atoms with E-state index in [0.717, 1.165) is 13.0 Å². The number of nitrogens with two attached hydrogens (primary N) is 1. The van der Waals surface area contributed by atoms with Crippen LogP contribution < -0.4 is 16.4 Å². The van der Waals surface area contributed by atoms with Gasteiger partial charge in [-0.1, -0.05) is 39.3 Å². The lowest BCUT2D eigenvalue weighted by Crippen LogP contribution is -2.15. The summed E-state index contributed by atoms with van der Waals surface area (Å²) in [4.78, 5) is 0. The van der Waals surface area contributed by atoms with Crippen LogP contribution in [0.2, 0.25) is 0 Å². The van der Waals surface area contributed by atoms with Crippen molar-refractivity contribution in [1.29, 1.82) is 5.41 Å². The quantitative estimate of drug-likeness (QED) is 0.305. The minimum Gasteiger partial charge on any atom is -0.396 e. The number of rotatable bonds is 4. The Balaban J connectivity index is -0.000000165. The number of allylic oxidation sites excluding steroid dienone is 5. The molecule has 1 aliphatic carbocycles. The van der Waals surface area contributed by atoms with Crippen LogP contribution in [0.25, 0.3) is 0 Å². The number of nitrogens with one attached hydrogen (secondary N) is 3. The zero-order chi connectivity index (χ0) is 23.5. The Morgan fingerprint density at radius 1 is 1.28 bits per heavy atom. The molecule has 1 aliphatic rings. The van der Waals surface area contributed by atoms with E-state index in [1.807, 2.05) is 34.0 Å². The van der Waals surface area contributed by atoms with Gasteiger partial charge >= 0.3 is 0 Å². The smallest absolute Gasteiger partial charge is 0.142 e. The first-order valence-electron chi connectivity index (χ1n) is 10.4. The summed E-state index contributed by atoms with van der Waals surface area (Å²) in [5.41, 5.74) is 6.19. The first kappa shape index (κ1) is 34.9. The van der Waals surface area contributed by atoms with Crippen molar-refractivity contribution in [3.63, 3.8) is 0 Å². The lowest BCUT2D eigenvalue weighted by molar-refractivity contribution is 0.216. The van der Waals surface area contributed by atoms with E-state index in [-0.39, 0.29) is 24.4 Å². The van der Waals surface area contributed by atoms with E-state index >= 15 is 0 Å². The van der Waals surface area contributed by atoms with E-state index in [1.165, 1.54) is 18.6 Å². The molecule has 0 aromatic heterocycles. The fourth-order valence-corrected chi connectivity index (χ4v) is 1.44. The molecule has 0 fully saturated rings. The molecule has 0 amide bonds. The molecule has 0 heterocycles. The van der Waals surface area contributed by atoms with Gasteiger partial charge in [0.15, 0.2) is 0 Å². The molecule has 1 rings (SSSR count). The maximum absolute atomic E-state index is 13.0. The molecule has 174 valence electrons. The molecule has 0 spiro atoms. The Hall–Kier alpha value is -1.54. The summed E-state index contributed by atoms with van der Waals surface area (Å²) in [6.45, 7) is 10.6. The number of hydrogen-bond donors (Lipinski definition) is 6. The highest BCUT2D eigenvalue weighted by atomic mass is 19.1. The van der Waals surface area contributed by atoms with Gasteiger partial charge in [-0.3, -0.25) is 5.32 Å². The monoisotopic (exact) mass is 418 g/mol. The Labute approximate surface area is 178 Å². The molecule has 0 aromatic carbocycles. The van der Waals surface area contributed by atoms with Crippen LogP contribution in [0, 0.1) is 5.41 Å². The number of aliphatic hydroxyl groups excluding tert-OH is 2. The second kappa shape index (κ2) is 31.2. The summed E-state index contributed by atoms with van der Waals surface area (Å²) in [6, 6.07) is 0. The minimum absolute atomic E-state index is 0.111. The largest absolute Gasteiger partial charge is 0.396 e. The first-order valence-corrected chi connectivity index (χ1v) is 10.4. The number of hydrogen-bond acceptors (Lipinski definition) is 6. The Morgan fingerprint density at radius 2 is 1.79 bits per heavy atom. The SMILES string of the molecule is CC.CC(C)O.CCCCNCO.CNC.N=C1C/C=C/C=C(N)\C(F)=C/CC1. The maximum atomic E-state index is 13.0. The van der Waals surface area contributed by atoms with Crippen molar-refractivity contribution < 1.29 is 14.6 Å². The molecular formula is C22H47FN4O2. The van der Waals surface area contributed by atoms with Crippen molar-refractivity contribution in [2.45, 2.75) is 72.8 Å². The van der Waals surface area contributed by atoms with Gasteiger partial charge in [0.25, 0.3) is 0 Å².